The molecule has 0 aliphatic heterocycles. The molecule has 1 aromatic carbocycles. The van der Waals surface area contributed by atoms with Gasteiger partial charge in [0, 0.05) is 16.1 Å². The Morgan fingerprint density at radius 2 is 2.07 bits per heavy atom. The lowest BCUT2D eigenvalue weighted by molar-refractivity contribution is 0.533. The van der Waals surface area contributed by atoms with Gasteiger partial charge in [0.05, 0.1) is 0 Å². The smallest absolute Gasteiger partial charge is 0.0480 e. The minimum absolute atomic E-state index is 0.0278. The summed E-state index contributed by atoms with van der Waals surface area (Å²) in [4.78, 5) is 0. The second-order valence-corrected chi connectivity index (χ2v) is 5.13. The maximum Gasteiger partial charge on any atom is 0.0480 e. The summed E-state index contributed by atoms with van der Waals surface area (Å²) in [5.41, 5.74) is 14.5. The van der Waals surface area contributed by atoms with Crippen LogP contribution in [-0.2, 0) is 0 Å². The van der Waals surface area contributed by atoms with Crippen LogP contribution in [0.25, 0.3) is 0 Å². The first-order valence-electron chi connectivity index (χ1n) is 4.83. The van der Waals surface area contributed by atoms with Crippen LogP contribution in [0.15, 0.2) is 22.7 Å². The molecule has 3 heteroatoms. The molecular formula is C11H15BrN2. The van der Waals surface area contributed by atoms with E-state index in [9.17, 15) is 0 Å². The minimum Gasteiger partial charge on any atom is -0.323 e. The van der Waals surface area contributed by atoms with E-state index in [0.717, 1.165) is 17.3 Å². The molecule has 1 aliphatic rings. The molecule has 2 nitrogen and oxygen atoms in total. The Morgan fingerprint density at radius 1 is 1.43 bits per heavy atom. The summed E-state index contributed by atoms with van der Waals surface area (Å²) in [7, 11) is 0. The molecule has 0 bridgehead atoms. The number of hydrogen-bond acceptors (Lipinski definition) is 2. The number of hydrogen-bond donors (Lipinski definition) is 2. The fraction of sp³-hybridized carbons (Fsp3) is 0.455. The number of benzene rings is 1. The Bertz CT molecular complexity index is 358. The van der Waals surface area contributed by atoms with E-state index >= 15 is 0 Å². The lowest BCUT2D eigenvalue weighted by atomic mass is 9.95. The number of nitrogens with two attached hydrogens (primary N) is 2. The van der Waals surface area contributed by atoms with Crippen molar-refractivity contribution < 1.29 is 0 Å². The monoisotopic (exact) mass is 254 g/mol. The summed E-state index contributed by atoms with van der Waals surface area (Å²) in [5, 5.41) is 0. The fourth-order valence-electron chi connectivity index (χ4n) is 1.71. The molecule has 0 aromatic heterocycles. The van der Waals surface area contributed by atoms with Crippen LogP contribution in [0, 0.1) is 6.92 Å². The third kappa shape index (κ3) is 1.72. The van der Waals surface area contributed by atoms with Gasteiger partial charge in [0.25, 0.3) is 0 Å². The third-order valence-corrected chi connectivity index (χ3v) is 3.52. The molecule has 1 aliphatic carbocycles. The minimum atomic E-state index is -0.147. The quantitative estimate of drug-likeness (QED) is 0.851. The molecule has 2 rings (SSSR count). The first-order chi connectivity index (χ1) is 6.53. The molecule has 1 aromatic rings. The van der Waals surface area contributed by atoms with Crippen molar-refractivity contribution in [3.8, 4) is 0 Å². The van der Waals surface area contributed by atoms with Crippen molar-refractivity contribution in [1.82, 2.24) is 0 Å². The second kappa shape index (κ2) is 3.33. The molecule has 0 radical (unpaired) electrons. The maximum absolute atomic E-state index is 6.16. The summed E-state index contributed by atoms with van der Waals surface area (Å²) in [6.45, 7) is 2.08. The van der Waals surface area contributed by atoms with Crippen LogP contribution in [0.2, 0.25) is 0 Å². The number of aryl methyl sites for hydroxylation is 1. The van der Waals surface area contributed by atoms with Crippen molar-refractivity contribution in [3.63, 3.8) is 0 Å². The summed E-state index contributed by atoms with van der Waals surface area (Å²) in [6, 6.07) is 6.15. The lowest BCUT2D eigenvalue weighted by Crippen LogP contribution is -2.36. The molecule has 4 N–H and O–H groups in total. The van der Waals surface area contributed by atoms with E-state index in [4.69, 9.17) is 11.5 Å². The SMILES string of the molecule is Cc1ccc(Br)cc1C(N)C1(N)CC1. The largest absolute Gasteiger partial charge is 0.323 e. The summed E-state index contributed by atoms with van der Waals surface area (Å²) < 4.78 is 1.07. The Labute approximate surface area is 92.8 Å². The van der Waals surface area contributed by atoms with Gasteiger partial charge in [-0.2, -0.15) is 0 Å². The van der Waals surface area contributed by atoms with Gasteiger partial charge in [0.2, 0.25) is 0 Å². The Hall–Kier alpha value is -0.380. The van der Waals surface area contributed by atoms with E-state index in [2.05, 4.69) is 35.0 Å². The van der Waals surface area contributed by atoms with Crippen molar-refractivity contribution in [2.45, 2.75) is 31.3 Å². The van der Waals surface area contributed by atoms with Gasteiger partial charge in [-0.1, -0.05) is 22.0 Å². The highest BCUT2D eigenvalue weighted by atomic mass is 79.9. The highest BCUT2D eigenvalue weighted by molar-refractivity contribution is 9.10. The Kier molecular flexibility index (Phi) is 2.41. The molecule has 1 saturated carbocycles. The second-order valence-electron chi connectivity index (χ2n) is 4.21. The van der Waals surface area contributed by atoms with E-state index in [-0.39, 0.29) is 11.6 Å². The van der Waals surface area contributed by atoms with E-state index < -0.39 is 0 Å². The van der Waals surface area contributed by atoms with Gasteiger partial charge in [-0.15, -0.1) is 0 Å². The third-order valence-electron chi connectivity index (χ3n) is 3.02. The molecular weight excluding hydrogens is 240 g/mol. The van der Waals surface area contributed by atoms with E-state index in [1.807, 2.05) is 6.07 Å². The van der Waals surface area contributed by atoms with Crippen LogP contribution in [-0.4, -0.2) is 5.54 Å². The van der Waals surface area contributed by atoms with Crippen LogP contribution in [0.5, 0.6) is 0 Å². The zero-order valence-corrected chi connectivity index (χ0v) is 9.84. The summed E-state index contributed by atoms with van der Waals surface area (Å²) >= 11 is 3.46. The van der Waals surface area contributed by atoms with E-state index in [1.54, 1.807) is 0 Å². The zero-order valence-electron chi connectivity index (χ0n) is 8.26. The summed E-state index contributed by atoms with van der Waals surface area (Å²) in [5.74, 6) is 0. The average Bonchev–Trinajstić information content (AvgIpc) is 2.88. The molecule has 0 saturated heterocycles. The van der Waals surface area contributed by atoms with E-state index in [0.29, 0.717) is 0 Å². The van der Waals surface area contributed by atoms with Crippen molar-refractivity contribution in [2.24, 2.45) is 11.5 Å². The summed E-state index contributed by atoms with van der Waals surface area (Å²) in [6.07, 6.45) is 2.08. The van der Waals surface area contributed by atoms with Gasteiger partial charge < -0.3 is 11.5 Å². The average molecular weight is 255 g/mol. The van der Waals surface area contributed by atoms with Gasteiger partial charge in [-0.25, -0.2) is 0 Å². The lowest BCUT2D eigenvalue weighted by Gasteiger charge is -2.21. The van der Waals surface area contributed by atoms with Crippen LogP contribution < -0.4 is 11.5 Å². The van der Waals surface area contributed by atoms with Crippen molar-refractivity contribution in [1.29, 1.82) is 0 Å². The maximum atomic E-state index is 6.16. The molecule has 0 amide bonds. The topological polar surface area (TPSA) is 52.0 Å². The molecule has 1 atom stereocenters. The molecule has 1 fully saturated rings. The van der Waals surface area contributed by atoms with Crippen LogP contribution in [0.3, 0.4) is 0 Å². The van der Waals surface area contributed by atoms with Crippen molar-refractivity contribution in [3.05, 3.63) is 33.8 Å². The zero-order chi connectivity index (χ0) is 10.3. The number of halogens is 1. The highest BCUT2D eigenvalue weighted by Crippen LogP contribution is 2.43. The first kappa shape index (κ1) is 10.1. The molecule has 0 spiro atoms. The molecule has 0 heterocycles. The Balaban J connectivity index is 2.35. The fourth-order valence-corrected chi connectivity index (χ4v) is 2.09. The molecule has 14 heavy (non-hydrogen) atoms. The first-order valence-corrected chi connectivity index (χ1v) is 5.63. The van der Waals surface area contributed by atoms with Crippen LogP contribution in [0.1, 0.15) is 30.0 Å². The Morgan fingerprint density at radius 3 is 2.64 bits per heavy atom. The molecule has 76 valence electrons. The van der Waals surface area contributed by atoms with E-state index in [1.165, 1.54) is 11.1 Å². The predicted octanol–water partition coefficient (Wildman–Crippen LogP) is 2.25. The van der Waals surface area contributed by atoms with Crippen molar-refractivity contribution >= 4 is 15.9 Å². The predicted molar refractivity (Wildman–Crippen MR) is 62.0 cm³/mol. The normalized spacial score (nSPS) is 20.6. The van der Waals surface area contributed by atoms with Crippen molar-refractivity contribution in [2.75, 3.05) is 0 Å². The number of rotatable bonds is 2. The van der Waals surface area contributed by atoms with Gasteiger partial charge in [0.15, 0.2) is 0 Å². The van der Waals surface area contributed by atoms with Crippen LogP contribution in [0.4, 0.5) is 0 Å². The van der Waals surface area contributed by atoms with Crippen LogP contribution >= 0.6 is 15.9 Å². The molecule has 1 unspecified atom stereocenters. The highest BCUT2D eigenvalue weighted by Gasteiger charge is 2.44. The van der Waals surface area contributed by atoms with Gasteiger partial charge in [-0.05, 0) is 43.0 Å². The standard InChI is InChI=1S/C11H15BrN2/c1-7-2-3-8(12)6-9(7)10(13)11(14)4-5-11/h2-3,6,10H,4-5,13-14H2,1H3. The van der Waals surface area contributed by atoms with Gasteiger partial charge in [-0.3, -0.25) is 0 Å². The van der Waals surface area contributed by atoms with Gasteiger partial charge in [0.1, 0.15) is 0 Å². The van der Waals surface area contributed by atoms with Gasteiger partial charge >= 0.3 is 0 Å².